The van der Waals surface area contributed by atoms with Gasteiger partial charge in [0.25, 0.3) is 0 Å². The van der Waals surface area contributed by atoms with E-state index in [-0.39, 0.29) is 11.4 Å². The molecule has 0 radical (unpaired) electrons. The molecule has 1 unspecified atom stereocenters. The molecule has 0 fully saturated rings. The lowest BCUT2D eigenvalue weighted by molar-refractivity contribution is -0.174. The average molecular weight is 308 g/mol. The van der Waals surface area contributed by atoms with Crippen LogP contribution in [0.4, 0.5) is 13.2 Å². The van der Waals surface area contributed by atoms with Gasteiger partial charge in [0.15, 0.2) is 0 Å². The van der Waals surface area contributed by atoms with Crippen molar-refractivity contribution >= 4 is 15.9 Å². The number of hydrogen-bond donors (Lipinski definition) is 0. The average Bonchev–Trinajstić information content (AvgIpc) is 2.11. The zero-order valence-electron chi connectivity index (χ0n) is 9.39. The molecule has 0 rings (SSSR count). The second kappa shape index (κ2) is 8.27. The molecule has 0 aliphatic carbocycles. The van der Waals surface area contributed by atoms with Crippen molar-refractivity contribution in [2.24, 2.45) is 0 Å². The smallest absolute Gasteiger partial charge is 0.383 e. The zero-order chi connectivity index (χ0) is 12.6. The van der Waals surface area contributed by atoms with Gasteiger partial charge in [-0.05, 0) is 7.05 Å². The van der Waals surface area contributed by atoms with Gasteiger partial charge >= 0.3 is 6.18 Å². The van der Waals surface area contributed by atoms with E-state index in [1.54, 1.807) is 7.11 Å². The topological polar surface area (TPSA) is 21.7 Å². The van der Waals surface area contributed by atoms with Gasteiger partial charge in [0.05, 0.1) is 18.0 Å². The molecule has 3 nitrogen and oxygen atoms in total. The summed E-state index contributed by atoms with van der Waals surface area (Å²) >= 11 is 3.39. The first-order valence-corrected chi connectivity index (χ1v) is 5.72. The molecule has 0 aliphatic rings. The van der Waals surface area contributed by atoms with Crippen LogP contribution in [0.1, 0.15) is 0 Å². The van der Waals surface area contributed by atoms with Crippen LogP contribution >= 0.6 is 15.9 Å². The molecule has 0 aromatic rings. The van der Waals surface area contributed by atoms with Gasteiger partial charge in [-0.2, -0.15) is 13.2 Å². The highest BCUT2D eigenvalue weighted by Gasteiger charge is 2.27. The summed E-state index contributed by atoms with van der Waals surface area (Å²) in [6.45, 7) is 0.609. The maximum atomic E-state index is 11.7. The number of methoxy groups -OCH3 is 1. The second-order valence-electron chi connectivity index (χ2n) is 3.48. The van der Waals surface area contributed by atoms with Crippen LogP contribution in [-0.4, -0.2) is 63.0 Å². The molecular weight excluding hydrogens is 291 g/mol. The van der Waals surface area contributed by atoms with Gasteiger partial charge in [0.1, 0.15) is 6.61 Å². The molecule has 0 aromatic heterocycles. The van der Waals surface area contributed by atoms with Crippen LogP contribution in [-0.2, 0) is 9.47 Å². The van der Waals surface area contributed by atoms with Crippen molar-refractivity contribution in [2.75, 3.05) is 47.1 Å². The standard InChI is InChI=1S/C9H17BrF3NO2/c1-14(5-8(10)6-15-2)3-4-16-7-9(11,12)13/h8H,3-7H2,1-2H3. The van der Waals surface area contributed by atoms with E-state index in [2.05, 4.69) is 20.7 Å². The van der Waals surface area contributed by atoms with Crippen LogP contribution in [0.5, 0.6) is 0 Å². The molecule has 0 spiro atoms. The van der Waals surface area contributed by atoms with Crippen molar-refractivity contribution in [3.05, 3.63) is 0 Å². The summed E-state index contributed by atoms with van der Waals surface area (Å²) in [4.78, 5) is 2.06. The van der Waals surface area contributed by atoms with Gasteiger partial charge in [0, 0.05) is 20.2 Å². The Hall–Kier alpha value is 0.150. The van der Waals surface area contributed by atoms with E-state index in [0.717, 1.165) is 0 Å². The van der Waals surface area contributed by atoms with Gasteiger partial charge in [-0.25, -0.2) is 0 Å². The quantitative estimate of drug-likeness (QED) is 0.505. The molecule has 0 N–H and O–H groups in total. The fourth-order valence-electron chi connectivity index (χ4n) is 1.07. The minimum atomic E-state index is -4.24. The van der Waals surface area contributed by atoms with Crippen molar-refractivity contribution in [2.45, 2.75) is 11.0 Å². The molecule has 0 aliphatic heterocycles. The summed E-state index contributed by atoms with van der Waals surface area (Å²) in [5, 5.41) is 0. The van der Waals surface area contributed by atoms with Crippen LogP contribution in [0, 0.1) is 0 Å². The lowest BCUT2D eigenvalue weighted by Gasteiger charge is -2.19. The Labute approximate surface area is 102 Å². The Morgan fingerprint density at radius 3 is 2.50 bits per heavy atom. The van der Waals surface area contributed by atoms with Crippen molar-refractivity contribution in [3.63, 3.8) is 0 Å². The molecule has 0 bridgehead atoms. The molecule has 98 valence electrons. The van der Waals surface area contributed by atoms with Crippen LogP contribution in [0.15, 0.2) is 0 Å². The minimum Gasteiger partial charge on any atom is -0.383 e. The number of ether oxygens (including phenoxy) is 2. The SMILES string of the molecule is COCC(Br)CN(C)CCOCC(F)(F)F. The molecule has 1 atom stereocenters. The van der Waals surface area contributed by atoms with Crippen LogP contribution in [0.2, 0.25) is 0 Å². The maximum absolute atomic E-state index is 11.7. The fraction of sp³-hybridized carbons (Fsp3) is 1.00. The monoisotopic (exact) mass is 307 g/mol. The Balaban J connectivity index is 3.47. The Morgan fingerprint density at radius 2 is 2.00 bits per heavy atom. The normalized spacial score (nSPS) is 14.4. The summed E-state index contributed by atoms with van der Waals surface area (Å²) in [6, 6.07) is 0. The highest BCUT2D eigenvalue weighted by Crippen LogP contribution is 2.14. The summed E-state index contributed by atoms with van der Waals surface area (Å²) in [5.41, 5.74) is 0. The van der Waals surface area contributed by atoms with Crippen LogP contribution in [0.25, 0.3) is 0 Å². The Kier molecular flexibility index (Phi) is 8.35. The summed E-state index contributed by atoms with van der Waals surface area (Å²) in [6.07, 6.45) is -4.24. The Morgan fingerprint density at radius 1 is 1.38 bits per heavy atom. The summed E-state index contributed by atoms with van der Waals surface area (Å²) < 4.78 is 44.6. The first kappa shape index (κ1) is 16.1. The predicted octanol–water partition coefficient (Wildman–Crippen LogP) is 1.91. The van der Waals surface area contributed by atoms with E-state index in [9.17, 15) is 13.2 Å². The van der Waals surface area contributed by atoms with Gasteiger partial charge in [0.2, 0.25) is 0 Å². The maximum Gasteiger partial charge on any atom is 0.411 e. The van der Waals surface area contributed by atoms with Gasteiger partial charge in [-0.15, -0.1) is 0 Å². The predicted molar refractivity (Wildman–Crippen MR) is 59.0 cm³/mol. The molecule has 0 amide bonds. The van der Waals surface area contributed by atoms with Crippen molar-refractivity contribution in [1.29, 1.82) is 0 Å². The van der Waals surface area contributed by atoms with E-state index in [1.807, 2.05) is 11.9 Å². The fourth-order valence-corrected chi connectivity index (χ4v) is 1.83. The van der Waals surface area contributed by atoms with Crippen LogP contribution < -0.4 is 0 Å². The summed E-state index contributed by atoms with van der Waals surface area (Å²) in [5.74, 6) is 0. The first-order valence-electron chi connectivity index (χ1n) is 4.81. The third kappa shape index (κ3) is 10.7. The van der Waals surface area contributed by atoms with Gasteiger partial charge in [-0.3, -0.25) is 0 Å². The van der Waals surface area contributed by atoms with Gasteiger partial charge < -0.3 is 14.4 Å². The number of alkyl halides is 4. The molecule has 16 heavy (non-hydrogen) atoms. The molecule has 0 aromatic carbocycles. The van der Waals surface area contributed by atoms with Crippen molar-refractivity contribution in [1.82, 2.24) is 4.90 Å². The highest BCUT2D eigenvalue weighted by atomic mass is 79.9. The number of likely N-dealkylation sites (N-methyl/N-ethyl adjacent to an activating group) is 1. The lowest BCUT2D eigenvalue weighted by atomic mass is 10.4. The largest absolute Gasteiger partial charge is 0.411 e. The number of rotatable bonds is 8. The van der Waals surface area contributed by atoms with E-state index in [1.165, 1.54) is 0 Å². The van der Waals surface area contributed by atoms with Gasteiger partial charge in [-0.1, -0.05) is 15.9 Å². The van der Waals surface area contributed by atoms with E-state index < -0.39 is 12.8 Å². The zero-order valence-corrected chi connectivity index (χ0v) is 11.0. The number of nitrogens with zero attached hydrogens (tertiary/aromatic N) is 1. The highest BCUT2D eigenvalue weighted by molar-refractivity contribution is 9.09. The molecule has 0 heterocycles. The second-order valence-corrected chi connectivity index (χ2v) is 4.78. The third-order valence-corrected chi connectivity index (χ3v) is 2.29. The van der Waals surface area contributed by atoms with Crippen molar-refractivity contribution < 1.29 is 22.6 Å². The van der Waals surface area contributed by atoms with Crippen LogP contribution in [0.3, 0.4) is 0 Å². The van der Waals surface area contributed by atoms with Crippen molar-refractivity contribution in [3.8, 4) is 0 Å². The van der Waals surface area contributed by atoms with E-state index >= 15 is 0 Å². The molecule has 0 saturated carbocycles. The lowest BCUT2D eigenvalue weighted by Crippen LogP contribution is -2.32. The molecular formula is C9H17BrF3NO2. The Bertz CT molecular complexity index is 181. The number of halogens is 4. The molecule has 7 heteroatoms. The number of hydrogen-bond acceptors (Lipinski definition) is 3. The minimum absolute atomic E-state index is 0.0721. The summed E-state index contributed by atoms with van der Waals surface area (Å²) in [7, 11) is 3.42. The van der Waals surface area contributed by atoms with E-state index in [4.69, 9.17) is 4.74 Å². The molecule has 0 saturated heterocycles. The first-order chi connectivity index (χ1) is 7.35. The van der Waals surface area contributed by atoms with E-state index in [0.29, 0.717) is 19.7 Å². The third-order valence-electron chi connectivity index (χ3n) is 1.74.